The van der Waals surface area contributed by atoms with Gasteiger partial charge in [0.15, 0.2) is 0 Å². The van der Waals surface area contributed by atoms with Crippen molar-refractivity contribution < 1.29 is 20.1 Å². The molecule has 3 N–H and O–H groups in total. The maximum atomic E-state index is 10.8. The van der Waals surface area contributed by atoms with E-state index >= 15 is 0 Å². The highest BCUT2D eigenvalue weighted by molar-refractivity contribution is 5.88. The molecule has 1 aliphatic rings. The molecular weight excluding hydrogens is 260 g/mol. The van der Waals surface area contributed by atoms with Gasteiger partial charge in [0.25, 0.3) is 0 Å². The number of anilines is 1. The summed E-state index contributed by atoms with van der Waals surface area (Å²) in [5.74, 6) is -0.917. The van der Waals surface area contributed by atoms with Gasteiger partial charge in [-0.1, -0.05) is 0 Å². The van der Waals surface area contributed by atoms with E-state index in [4.69, 9.17) is 10.2 Å². The fraction of sp³-hybridized carbons (Fsp3) is 0.500. The number of aliphatic hydroxyl groups excluding tert-OH is 2. The topological polar surface area (TPSA) is 84.2 Å². The Bertz CT molecular complexity index is 441. The maximum absolute atomic E-state index is 10.8. The van der Waals surface area contributed by atoms with Gasteiger partial charge in [0.2, 0.25) is 0 Å². The van der Waals surface area contributed by atoms with E-state index in [0.29, 0.717) is 12.1 Å². The van der Waals surface area contributed by atoms with Crippen molar-refractivity contribution in [1.29, 1.82) is 0 Å². The van der Waals surface area contributed by atoms with E-state index in [1.807, 2.05) is 12.1 Å². The minimum Gasteiger partial charge on any atom is -0.478 e. The first-order valence-corrected chi connectivity index (χ1v) is 6.69. The normalized spacial score (nSPS) is 18.0. The van der Waals surface area contributed by atoms with Crippen molar-refractivity contribution in [3.05, 3.63) is 29.8 Å². The molecule has 6 nitrogen and oxygen atoms in total. The molecule has 1 aromatic rings. The lowest BCUT2D eigenvalue weighted by Gasteiger charge is -2.36. The van der Waals surface area contributed by atoms with Crippen LogP contribution in [-0.2, 0) is 0 Å². The van der Waals surface area contributed by atoms with Crippen LogP contribution >= 0.6 is 0 Å². The van der Waals surface area contributed by atoms with Gasteiger partial charge in [-0.2, -0.15) is 0 Å². The predicted molar refractivity (Wildman–Crippen MR) is 75.1 cm³/mol. The van der Waals surface area contributed by atoms with Gasteiger partial charge in [0.1, 0.15) is 0 Å². The van der Waals surface area contributed by atoms with E-state index in [2.05, 4.69) is 9.80 Å². The molecule has 1 heterocycles. The van der Waals surface area contributed by atoms with Gasteiger partial charge >= 0.3 is 5.97 Å². The molecule has 1 atom stereocenters. The Kier molecular flexibility index (Phi) is 4.94. The summed E-state index contributed by atoms with van der Waals surface area (Å²) in [6.07, 6.45) is -0.684. The SMILES string of the molecule is O=C(O)c1ccc(N2CCN(C[C@H](O)CO)CC2)cc1. The van der Waals surface area contributed by atoms with E-state index < -0.39 is 12.1 Å². The number of β-amino-alcohol motifs (C(OH)–C–C–N with tert-alkyl or cyclic N) is 1. The van der Waals surface area contributed by atoms with Crippen molar-refractivity contribution in [2.75, 3.05) is 44.2 Å². The van der Waals surface area contributed by atoms with Crippen LogP contribution in [0.5, 0.6) is 0 Å². The first-order valence-electron chi connectivity index (χ1n) is 6.69. The first-order chi connectivity index (χ1) is 9.60. The number of carboxylic acid groups (broad SMARTS) is 1. The molecule has 0 saturated carbocycles. The summed E-state index contributed by atoms with van der Waals surface area (Å²) < 4.78 is 0. The summed E-state index contributed by atoms with van der Waals surface area (Å²) in [5.41, 5.74) is 1.30. The Balaban J connectivity index is 1.88. The lowest BCUT2D eigenvalue weighted by atomic mass is 10.2. The summed E-state index contributed by atoms with van der Waals surface area (Å²) in [5, 5.41) is 27.1. The van der Waals surface area contributed by atoms with Crippen LogP contribution < -0.4 is 4.90 Å². The quantitative estimate of drug-likeness (QED) is 0.696. The Morgan fingerprint density at radius 2 is 1.75 bits per heavy atom. The number of carbonyl (C=O) groups is 1. The van der Waals surface area contributed by atoms with Crippen LogP contribution in [0.4, 0.5) is 5.69 Å². The molecule has 6 heteroatoms. The van der Waals surface area contributed by atoms with Crippen molar-refractivity contribution >= 4 is 11.7 Å². The van der Waals surface area contributed by atoms with E-state index in [9.17, 15) is 9.90 Å². The third-order valence-electron chi connectivity index (χ3n) is 3.53. The number of hydrogen-bond acceptors (Lipinski definition) is 5. The van der Waals surface area contributed by atoms with Crippen molar-refractivity contribution in [2.45, 2.75) is 6.10 Å². The Morgan fingerprint density at radius 1 is 1.15 bits per heavy atom. The smallest absolute Gasteiger partial charge is 0.335 e. The van der Waals surface area contributed by atoms with Gasteiger partial charge in [-0.05, 0) is 24.3 Å². The van der Waals surface area contributed by atoms with Crippen LogP contribution in [0, 0.1) is 0 Å². The summed E-state index contributed by atoms with van der Waals surface area (Å²) in [4.78, 5) is 15.1. The Hall–Kier alpha value is -1.63. The molecule has 0 aliphatic carbocycles. The van der Waals surface area contributed by atoms with Crippen molar-refractivity contribution in [1.82, 2.24) is 4.90 Å². The maximum Gasteiger partial charge on any atom is 0.335 e. The molecule has 0 spiro atoms. The summed E-state index contributed by atoms with van der Waals surface area (Å²) in [6.45, 7) is 3.56. The molecule has 0 unspecified atom stereocenters. The average molecular weight is 280 g/mol. The number of aromatic carboxylic acids is 1. The fourth-order valence-corrected chi connectivity index (χ4v) is 2.36. The number of carboxylic acids is 1. The Labute approximate surface area is 117 Å². The van der Waals surface area contributed by atoms with Crippen LogP contribution in [0.3, 0.4) is 0 Å². The summed E-state index contributed by atoms with van der Waals surface area (Å²) >= 11 is 0. The number of rotatable bonds is 5. The van der Waals surface area contributed by atoms with E-state index in [0.717, 1.165) is 31.9 Å². The monoisotopic (exact) mass is 280 g/mol. The standard InChI is InChI=1S/C14H20N2O4/c17-10-13(18)9-15-5-7-16(8-6-15)12-3-1-11(2-4-12)14(19)20/h1-4,13,17-18H,5-10H2,(H,19,20)/t13-/m0/s1. The van der Waals surface area contributed by atoms with Crippen LogP contribution in [0.15, 0.2) is 24.3 Å². The molecule has 1 saturated heterocycles. The number of hydrogen-bond donors (Lipinski definition) is 3. The lowest BCUT2D eigenvalue weighted by molar-refractivity contribution is 0.0575. The molecule has 0 radical (unpaired) electrons. The van der Waals surface area contributed by atoms with Gasteiger partial charge in [-0.15, -0.1) is 0 Å². The third-order valence-corrected chi connectivity index (χ3v) is 3.53. The number of aliphatic hydroxyl groups is 2. The van der Waals surface area contributed by atoms with E-state index in [-0.39, 0.29) is 6.61 Å². The molecule has 110 valence electrons. The van der Waals surface area contributed by atoms with Crippen LogP contribution in [0.25, 0.3) is 0 Å². The van der Waals surface area contributed by atoms with E-state index in [1.165, 1.54) is 0 Å². The second-order valence-corrected chi connectivity index (χ2v) is 4.98. The molecule has 0 bridgehead atoms. The largest absolute Gasteiger partial charge is 0.478 e. The lowest BCUT2D eigenvalue weighted by Crippen LogP contribution is -2.49. The molecular formula is C14H20N2O4. The van der Waals surface area contributed by atoms with Crippen molar-refractivity contribution in [3.63, 3.8) is 0 Å². The van der Waals surface area contributed by atoms with Gasteiger partial charge in [-0.25, -0.2) is 4.79 Å². The van der Waals surface area contributed by atoms with E-state index in [1.54, 1.807) is 12.1 Å². The average Bonchev–Trinajstić information content (AvgIpc) is 2.48. The molecule has 0 aromatic heterocycles. The molecule has 20 heavy (non-hydrogen) atoms. The van der Waals surface area contributed by atoms with Gasteiger partial charge in [0, 0.05) is 38.4 Å². The zero-order valence-electron chi connectivity index (χ0n) is 11.3. The second-order valence-electron chi connectivity index (χ2n) is 4.98. The third kappa shape index (κ3) is 3.69. The van der Waals surface area contributed by atoms with Crippen LogP contribution in [0.2, 0.25) is 0 Å². The first kappa shape index (κ1) is 14.8. The number of nitrogens with zero attached hydrogens (tertiary/aromatic N) is 2. The summed E-state index contributed by atoms with van der Waals surface area (Å²) in [6, 6.07) is 6.86. The highest BCUT2D eigenvalue weighted by Crippen LogP contribution is 2.17. The molecule has 1 aromatic carbocycles. The molecule has 2 rings (SSSR count). The predicted octanol–water partition coefficient (Wildman–Crippen LogP) is -0.140. The highest BCUT2D eigenvalue weighted by atomic mass is 16.4. The van der Waals surface area contributed by atoms with Crippen LogP contribution in [-0.4, -0.2) is 71.6 Å². The minimum absolute atomic E-state index is 0.211. The van der Waals surface area contributed by atoms with Crippen molar-refractivity contribution in [3.8, 4) is 0 Å². The number of benzene rings is 1. The Morgan fingerprint density at radius 3 is 2.25 bits per heavy atom. The van der Waals surface area contributed by atoms with Gasteiger partial charge < -0.3 is 20.2 Å². The zero-order chi connectivity index (χ0) is 14.5. The summed E-state index contributed by atoms with van der Waals surface area (Å²) in [7, 11) is 0. The highest BCUT2D eigenvalue weighted by Gasteiger charge is 2.19. The minimum atomic E-state index is -0.917. The van der Waals surface area contributed by atoms with Crippen LogP contribution in [0.1, 0.15) is 10.4 Å². The number of piperazine rings is 1. The second kappa shape index (κ2) is 6.69. The zero-order valence-corrected chi connectivity index (χ0v) is 11.3. The molecule has 1 aliphatic heterocycles. The van der Waals surface area contributed by atoms with Gasteiger partial charge in [-0.3, -0.25) is 4.90 Å². The van der Waals surface area contributed by atoms with Gasteiger partial charge in [0.05, 0.1) is 18.3 Å². The fourth-order valence-electron chi connectivity index (χ4n) is 2.36. The molecule has 0 amide bonds. The van der Waals surface area contributed by atoms with Crippen molar-refractivity contribution in [2.24, 2.45) is 0 Å². The molecule has 1 fully saturated rings.